The summed E-state index contributed by atoms with van der Waals surface area (Å²) in [4.78, 5) is 0. The van der Waals surface area contributed by atoms with Crippen molar-refractivity contribution in [2.24, 2.45) is 0 Å². The normalized spacial score (nSPS) is 10.7. The number of benzene rings is 3. The molecule has 3 rings (SSSR count). The summed E-state index contributed by atoms with van der Waals surface area (Å²) in [5, 5.41) is 2.41. The van der Waals surface area contributed by atoms with Gasteiger partial charge in [-0.25, -0.2) is 0 Å². The zero-order valence-corrected chi connectivity index (χ0v) is 9.93. The number of fused-ring (bicyclic) bond motifs is 1. The Hall–Kier alpha value is -2.48. The van der Waals surface area contributed by atoms with Crippen LogP contribution in [0.15, 0.2) is 60.7 Å². The van der Waals surface area contributed by atoms with Crippen LogP contribution >= 0.6 is 0 Å². The maximum Gasteiger partial charge on any atom is 0.0414 e. The summed E-state index contributed by atoms with van der Waals surface area (Å²) in [6, 6.07) is 20.2. The van der Waals surface area contributed by atoms with Gasteiger partial charge < -0.3 is 11.5 Å². The predicted molar refractivity (Wildman–Crippen MR) is 78.2 cm³/mol. The maximum absolute atomic E-state index is 6.02. The van der Waals surface area contributed by atoms with Gasteiger partial charge in [-0.05, 0) is 34.5 Å². The molecular weight excluding hydrogens is 220 g/mol. The van der Waals surface area contributed by atoms with Gasteiger partial charge in [-0.2, -0.15) is 0 Å². The quantitative estimate of drug-likeness (QED) is 0.631. The molecule has 3 aromatic rings. The van der Waals surface area contributed by atoms with E-state index in [-0.39, 0.29) is 0 Å². The van der Waals surface area contributed by atoms with E-state index in [9.17, 15) is 0 Å². The van der Waals surface area contributed by atoms with E-state index in [4.69, 9.17) is 11.5 Å². The molecule has 0 aliphatic carbocycles. The van der Waals surface area contributed by atoms with Gasteiger partial charge in [0.15, 0.2) is 0 Å². The number of anilines is 2. The van der Waals surface area contributed by atoms with Gasteiger partial charge in [-0.3, -0.25) is 0 Å². The molecule has 0 heterocycles. The highest BCUT2D eigenvalue weighted by Crippen LogP contribution is 2.33. The largest absolute Gasteiger partial charge is 0.398 e. The number of rotatable bonds is 1. The van der Waals surface area contributed by atoms with Crippen molar-refractivity contribution >= 4 is 22.1 Å². The molecule has 0 bridgehead atoms. The standard InChI is InChI=1S/C16H14N2/c17-14-6-3-7-15(18)16(14)13-9-8-11-4-1-2-5-12(11)10-13/h1-10H,17-18H2. The highest BCUT2D eigenvalue weighted by molar-refractivity contribution is 5.93. The molecule has 0 aliphatic heterocycles. The lowest BCUT2D eigenvalue weighted by Crippen LogP contribution is -1.95. The van der Waals surface area contributed by atoms with Crippen molar-refractivity contribution in [1.29, 1.82) is 0 Å². The second-order valence-corrected chi connectivity index (χ2v) is 4.37. The van der Waals surface area contributed by atoms with Crippen LogP contribution in [-0.2, 0) is 0 Å². The van der Waals surface area contributed by atoms with Crippen molar-refractivity contribution < 1.29 is 0 Å². The van der Waals surface area contributed by atoms with Gasteiger partial charge in [0.1, 0.15) is 0 Å². The van der Waals surface area contributed by atoms with Crippen molar-refractivity contribution in [3.05, 3.63) is 60.7 Å². The van der Waals surface area contributed by atoms with E-state index < -0.39 is 0 Å². The van der Waals surface area contributed by atoms with Crippen molar-refractivity contribution in [2.75, 3.05) is 11.5 Å². The predicted octanol–water partition coefficient (Wildman–Crippen LogP) is 3.67. The van der Waals surface area contributed by atoms with Crippen molar-refractivity contribution in [1.82, 2.24) is 0 Å². The van der Waals surface area contributed by atoms with Gasteiger partial charge in [0, 0.05) is 16.9 Å². The Labute approximate surface area is 106 Å². The molecule has 0 radical (unpaired) electrons. The maximum atomic E-state index is 6.02. The molecular formula is C16H14N2. The summed E-state index contributed by atoms with van der Waals surface area (Å²) in [5.74, 6) is 0. The van der Waals surface area contributed by atoms with Crippen LogP contribution in [0.3, 0.4) is 0 Å². The number of hydrogen-bond donors (Lipinski definition) is 2. The summed E-state index contributed by atoms with van der Waals surface area (Å²) in [6.07, 6.45) is 0. The van der Waals surface area contributed by atoms with E-state index >= 15 is 0 Å². The fraction of sp³-hybridized carbons (Fsp3) is 0. The Morgan fingerprint density at radius 2 is 1.28 bits per heavy atom. The molecule has 3 aromatic carbocycles. The first kappa shape index (κ1) is 10.7. The molecule has 0 saturated carbocycles. The van der Waals surface area contributed by atoms with Crippen LogP contribution in [0.4, 0.5) is 11.4 Å². The average Bonchev–Trinajstić information content (AvgIpc) is 2.38. The molecule has 18 heavy (non-hydrogen) atoms. The molecule has 0 amide bonds. The van der Waals surface area contributed by atoms with Crippen LogP contribution in [0, 0.1) is 0 Å². The van der Waals surface area contributed by atoms with Crippen LogP contribution in [0.5, 0.6) is 0 Å². The smallest absolute Gasteiger partial charge is 0.0414 e. The Bertz CT molecular complexity index is 697. The minimum Gasteiger partial charge on any atom is -0.398 e. The first-order valence-electron chi connectivity index (χ1n) is 5.89. The first-order valence-corrected chi connectivity index (χ1v) is 5.89. The van der Waals surface area contributed by atoms with Gasteiger partial charge in [0.05, 0.1) is 0 Å². The van der Waals surface area contributed by atoms with Crippen LogP contribution in [-0.4, -0.2) is 0 Å². The molecule has 0 unspecified atom stereocenters. The van der Waals surface area contributed by atoms with E-state index in [1.165, 1.54) is 10.8 Å². The summed E-state index contributed by atoms with van der Waals surface area (Å²) < 4.78 is 0. The molecule has 2 heteroatoms. The molecule has 2 nitrogen and oxygen atoms in total. The van der Waals surface area contributed by atoms with Crippen LogP contribution in [0.25, 0.3) is 21.9 Å². The lowest BCUT2D eigenvalue weighted by Gasteiger charge is -2.10. The minimum absolute atomic E-state index is 0.713. The molecule has 0 aromatic heterocycles. The van der Waals surface area contributed by atoms with Crippen molar-refractivity contribution in [2.45, 2.75) is 0 Å². The Kier molecular flexibility index (Phi) is 2.41. The van der Waals surface area contributed by atoms with Gasteiger partial charge in [0.25, 0.3) is 0 Å². The lowest BCUT2D eigenvalue weighted by atomic mass is 9.99. The van der Waals surface area contributed by atoms with Crippen LogP contribution in [0.2, 0.25) is 0 Å². The van der Waals surface area contributed by atoms with E-state index in [2.05, 4.69) is 30.3 Å². The Balaban J connectivity index is 2.26. The monoisotopic (exact) mass is 234 g/mol. The zero-order valence-electron chi connectivity index (χ0n) is 9.93. The fourth-order valence-electron chi connectivity index (χ4n) is 2.27. The van der Waals surface area contributed by atoms with E-state index in [0.29, 0.717) is 11.4 Å². The SMILES string of the molecule is Nc1cccc(N)c1-c1ccc2ccccc2c1. The topological polar surface area (TPSA) is 52.0 Å². The zero-order chi connectivity index (χ0) is 12.5. The van der Waals surface area contributed by atoms with Gasteiger partial charge >= 0.3 is 0 Å². The first-order chi connectivity index (χ1) is 8.75. The third kappa shape index (κ3) is 1.68. The van der Waals surface area contributed by atoms with E-state index in [1.807, 2.05) is 30.3 Å². The van der Waals surface area contributed by atoms with E-state index in [1.54, 1.807) is 0 Å². The van der Waals surface area contributed by atoms with Crippen molar-refractivity contribution in [3.8, 4) is 11.1 Å². The third-order valence-electron chi connectivity index (χ3n) is 3.17. The van der Waals surface area contributed by atoms with Gasteiger partial charge in [0.2, 0.25) is 0 Å². The van der Waals surface area contributed by atoms with Gasteiger partial charge in [-0.15, -0.1) is 0 Å². The fourth-order valence-corrected chi connectivity index (χ4v) is 2.27. The van der Waals surface area contributed by atoms with Crippen LogP contribution < -0.4 is 11.5 Å². The molecule has 0 aliphatic rings. The lowest BCUT2D eigenvalue weighted by molar-refractivity contribution is 1.62. The molecule has 4 N–H and O–H groups in total. The second-order valence-electron chi connectivity index (χ2n) is 4.37. The third-order valence-corrected chi connectivity index (χ3v) is 3.17. The summed E-state index contributed by atoms with van der Waals surface area (Å²) >= 11 is 0. The molecule has 88 valence electrons. The molecule has 0 atom stereocenters. The highest BCUT2D eigenvalue weighted by Gasteiger charge is 2.06. The molecule has 0 fully saturated rings. The summed E-state index contributed by atoms with van der Waals surface area (Å²) in [6.45, 7) is 0. The number of hydrogen-bond acceptors (Lipinski definition) is 2. The molecule has 0 saturated heterocycles. The number of nitrogens with two attached hydrogens (primary N) is 2. The Morgan fingerprint density at radius 3 is 2.00 bits per heavy atom. The summed E-state index contributed by atoms with van der Waals surface area (Å²) in [7, 11) is 0. The number of nitrogen functional groups attached to an aromatic ring is 2. The highest BCUT2D eigenvalue weighted by atomic mass is 14.6. The van der Waals surface area contributed by atoms with Crippen LogP contribution in [0.1, 0.15) is 0 Å². The Morgan fingerprint density at radius 1 is 0.611 bits per heavy atom. The second kappa shape index (κ2) is 4.08. The summed E-state index contributed by atoms with van der Waals surface area (Å²) in [5.41, 5.74) is 15.4. The minimum atomic E-state index is 0.713. The molecule has 0 spiro atoms. The van der Waals surface area contributed by atoms with Crippen molar-refractivity contribution in [3.63, 3.8) is 0 Å². The average molecular weight is 234 g/mol. The van der Waals surface area contributed by atoms with Gasteiger partial charge in [-0.1, -0.05) is 42.5 Å². The van der Waals surface area contributed by atoms with E-state index in [0.717, 1.165) is 11.1 Å².